The fraction of sp³-hybridized carbons (Fsp3) is 0. The van der Waals surface area contributed by atoms with E-state index in [4.69, 9.17) is 0 Å². The summed E-state index contributed by atoms with van der Waals surface area (Å²) in [6.45, 7) is 0. The lowest BCUT2D eigenvalue weighted by Crippen LogP contribution is -2.03. The highest BCUT2D eigenvalue weighted by atomic mass is 16.3. The number of fused-ring (bicyclic) bond motifs is 1. The van der Waals surface area contributed by atoms with Crippen molar-refractivity contribution >= 4 is 10.9 Å². The van der Waals surface area contributed by atoms with Crippen molar-refractivity contribution in [2.75, 3.05) is 0 Å². The second-order valence-corrected chi connectivity index (χ2v) is 4.30. The first kappa shape index (κ1) is 11.3. The third-order valence-corrected chi connectivity index (χ3v) is 2.98. The SMILES string of the molecule is O=c1cc(-c2ccccc2)[nH]c2cc(O)cc(O)c12. The number of aromatic nitrogens is 1. The van der Waals surface area contributed by atoms with Crippen LogP contribution in [-0.4, -0.2) is 15.2 Å². The second-order valence-electron chi connectivity index (χ2n) is 4.30. The molecular formula is C15H11NO3. The van der Waals surface area contributed by atoms with Crippen molar-refractivity contribution in [1.29, 1.82) is 0 Å². The van der Waals surface area contributed by atoms with Gasteiger partial charge in [0.1, 0.15) is 11.5 Å². The molecule has 19 heavy (non-hydrogen) atoms. The van der Waals surface area contributed by atoms with Gasteiger partial charge in [-0.3, -0.25) is 4.79 Å². The number of H-pyrrole nitrogens is 1. The molecule has 3 rings (SSSR count). The predicted octanol–water partition coefficient (Wildman–Crippen LogP) is 2.61. The Morgan fingerprint density at radius 1 is 0.947 bits per heavy atom. The predicted molar refractivity (Wildman–Crippen MR) is 73.3 cm³/mol. The van der Waals surface area contributed by atoms with E-state index in [-0.39, 0.29) is 22.3 Å². The van der Waals surface area contributed by atoms with Gasteiger partial charge in [0, 0.05) is 23.9 Å². The molecule has 0 aliphatic carbocycles. The van der Waals surface area contributed by atoms with Crippen LogP contribution in [0, 0.1) is 0 Å². The molecule has 1 aromatic heterocycles. The Morgan fingerprint density at radius 3 is 2.42 bits per heavy atom. The summed E-state index contributed by atoms with van der Waals surface area (Å²) in [6.07, 6.45) is 0. The van der Waals surface area contributed by atoms with Crippen molar-refractivity contribution in [1.82, 2.24) is 4.98 Å². The fourth-order valence-electron chi connectivity index (χ4n) is 2.13. The monoisotopic (exact) mass is 253 g/mol. The summed E-state index contributed by atoms with van der Waals surface area (Å²) >= 11 is 0. The van der Waals surface area contributed by atoms with Crippen molar-refractivity contribution in [2.24, 2.45) is 0 Å². The molecule has 0 saturated carbocycles. The van der Waals surface area contributed by atoms with Crippen molar-refractivity contribution in [2.45, 2.75) is 0 Å². The molecule has 4 heteroatoms. The summed E-state index contributed by atoms with van der Waals surface area (Å²) in [4.78, 5) is 15.1. The smallest absolute Gasteiger partial charge is 0.193 e. The number of phenols is 2. The standard InChI is InChI=1S/C15H11NO3/c17-10-6-12-15(13(18)7-10)14(19)8-11(16-12)9-4-2-1-3-5-9/h1-8,17-18H,(H,16,19). The van der Waals surface area contributed by atoms with Crippen molar-refractivity contribution in [3.63, 3.8) is 0 Å². The molecule has 0 radical (unpaired) electrons. The molecule has 94 valence electrons. The minimum atomic E-state index is -0.287. The summed E-state index contributed by atoms with van der Waals surface area (Å²) in [5.74, 6) is -0.318. The Hall–Kier alpha value is -2.75. The molecule has 0 aliphatic heterocycles. The molecule has 0 saturated heterocycles. The van der Waals surface area contributed by atoms with Crippen LogP contribution in [0.1, 0.15) is 0 Å². The molecular weight excluding hydrogens is 242 g/mol. The van der Waals surface area contributed by atoms with Gasteiger partial charge < -0.3 is 15.2 Å². The zero-order valence-electron chi connectivity index (χ0n) is 9.92. The van der Waals surface area contributed by atoms with Gasteiger partial charge in [0.15, 0.2) is 5.43 Å². The number of hydrogen-bond donors (Lipinski definition) is 3. The van der Waals surface area contributed by atoms with Gasteiger partial charge in [0.25, 0.3) is 0 Å². The van der Waals surface area contributed by atoms with Crippen LogP contribution in [0.5, 0.6) is 11.5 Å². The highest BCUT2D eigenvalue weighted by Gasteiger charge is 2.09. The number of rotatable bonds is 1. The molecule has 3 aromatic rings. The van der Waals surface area contributed by atoms with Crippen LogP contribution in [0.25, 0.3) is 22.2 Å². The van der Waals surface area contributed by atoms with Gasteiger partial charge in [-0.2, -0.15) is 0 Å². The van der Waals surface area contributed by atoms with Crippen LogP contribution in [0.3, 0.4) is 0 Å². The van der Waals surface area contributed by atoms with Crippen molar-refractivity contribution in [3.8, 4) is 22.8 Å². The zero-order valence-corrected chi connectivity index (χ0v) is 9.92. The molecule has 0 fully saturated rings. The van der Waals surface area contributed by atoms with Crippen molar-refractivity contribution in [3.05, 3.63) is 58.8 Å². The van der Waals surface area contributed by atoms with E-state index in [1.807, 2.05) is 30.3 Å². The first-order valence-electron chi connectivity index (χ1n) is 5.79. The second kappa shape index (κ2) is 4.17. The van der Waals surface area contributed by atoms with E-state index in [1.54, 1.807) is 0 Å². The molecule has 0 atom stereocenters. The Morgan fingerprint density at radius 2 is 1.68 bits per heavy atom. The summed E-state index contributed by atoms with van der Waals surface area (Å²) in [5.41, 5.74) is 1.63. The number of aromatic amines is 1. The average molecular weight is 253 g/mol. The third-order valence-electron chi connectivity index (χ3n) is 2.98. The molecule has 0 unspecified atom stereocenters. The van der Waals surface area contributed by atoms with Gasteiger partial charge in [0.2, 0.25) is 0 Å². The first-order chi connectivity index (χ1) is 9.15. The van der Waals surface area contributed by atoms with Crippen LogP contribution in [-0.2, 0) is 0 Å². The lowest BCUT2D eigenvalue weighted by atomic mass is 10.1. The molecule has 3 N–H and O–H groups in total. The van der Waals surface area contributed by atoms with Gasteiger partial charge in [-0.05, 0) is 5.56 Å². The summed E-state index contributed by atoms with van der Waals surface area (Å²) in [6, 6.07) is 13.4. The highest BCUT2D eigenvalue weighted by Crippen LogP contribution is 2.27. The van der Waals surface area contributed by atoms with Crippen LogP contribution >= 0.6 is 0 Å². The Bertz CT molecular complexity index is 807. The van der Waals surface area contributed by atoms with Crippen molar-refractivity contribution < 1.29 is 10.2 Å². The van der Waals surface area contributed by atoms with E-state index in [2.05, 4.69) is 4.98 Å². The van der Waals surface area contributed by atoms with Crippen LogP contribution < -0.4 is 5.43 Å². The highest BCUT2D eigenvalue weighted by molar-refractivity contribution is 5.88. The van der Waals surface area contributed by atoms with E-state index >= 15 is 0 Å². The maximum Gasteiger partial charge on any atom is 0.193 e. The maximum atomic E-state index is 12.0. The minimum absolute atomic E-state index is 0.0918. The number of benzene rings is 2. The average Bonchev–Trinajstić information content (AvgIpc) is 2.38. The lowest BCUT2D eigenvalue weighted by molar-refractivity contribution is 0.455. The Labute approximate surface area is 108 Å². The van der Waals surface area contributed by atoms with Gasteiger partial charge in [-0.1, -0.05) is 30.3 Å². The molecule has 2 aromatic carbocycles. The summed E-state index contributed by atoms with van der Waals surface area (Å²) in [5, 5.41) is 19.4. The van der Waals surface area contributed by atoms with E-state index in [0.29, 0.717) is 11.2 Å². The van der Waals surface area contributed by atoms with E-state index in [9.17, 15) is 15.0 Å². The minimum Gasteiger partial charge on any atom is -0.508 e. The number of nitrogens with one attached hydrogen (secondary N) is 1. The molecule has 0 bridgehead atoms. The van der Waals surface area contributed by atoms with Crippen LogP contribution in [0.4, 0.5) is 0 Å². The molecule has 1 heterocycles. The number of phenolic OH excluding ortho intramolecular Hbond substituents is 2. The maximum absolute atomic E-state index is 12.0. The fourth-order valence-corrected chi connectivity index (χ4v) is 2.13. The van der Waals surface area contributed by atoms with Gasteiger partial charge in [-0.25, -0.2) is 0 Å². The van der Waals surface area contributed by atoms with E-state index < -0.39 is 0 Å². The van der Waals surface area contributed by atoms with E-state index in [1.165, 1.54) is 12.1 Å². The largest absolute Gasteiger partial charge is 0.508 e. The van der Waals surface area contributed by atoms with Gasteiger partial charge >= 0.3 is 0 Å². The summed E-state index contributed by atoms with van der Waals surface area (Å²) in [7, 11) is 0. The normalized spacial score (nSPS) is 10.7. The lowest BCUT2D eigenvalue weighted by Gasteiger charge is -2.06. The quantitative estimate of drug-likeness (QED) is 0.624. The topological polar surface area (TPSA) is 73.3 Å². The molecule has 0 amide bonds. The molecule has 0 spiro atoms. The number of aromatic hydroxyl groups is 2. The van der Waals surface area contributed by atoms with Gasteiger partial charge in [-0.15, -0.1) is 0 Å². The molecule has 4 nitrogen and oxygen atoms in total. The summed E-state index contributed by atoms with van der Waals surface area (Å²) < 4.78 is 0. The van der Waals surface area contributed by atoms with E-state index in [0.717, 1.165) is 11.6 Å². The van der Waals surface area contributed by atoms with Crippen LogP contribution in [0.2, 0.25) is 0 Å². The third kappa shape index (κ3) is 1.93. The Balaban J connectivity index is 2.34. The van der Waals surface area contributed by atoms with Gasteiger partial charge in [0.05, 0.1) is 10.9 Å². The number of pyridine rings is 1. The molecule has 0 aliphatic rings. The first-order valence-corrected chi connectivity index (χ1v) is 5.79. The van der Waals surface area contributed by atoms with Crippen LogP contribution in [0.15, 0.2) is 53.3 Å². The zero-order chi connectivity index (χ0) is 13.4. The Kier molecular flexibility index (Phi) is 2.49. The number of hydrogen-bond acceptors (Lipinski definition) is 3.